The molecule has 1 fully saturated rings. The summed E-state index contributed by atoms with van der Waals surface area (Å²) >= 11 is 2.03. The molecule has 0 amide bonds. The van der Waals surface area contributed by atoms with Crippen LogP contribution in [0.1, 0.15) is 36.7 Å². The number of guanidine groups is 1. The van der Waals surface area contributed by atoms with E-state index in [9.17, 15) is 0 Å². The van der Waals surface area contributed by atoms with Crippen molar-refractivity contribution >= 4 is 41.7 Å². The number of hydrogen-bond donors (Lipinski definition) is 2. The number of hydrogen-bond acceptors (Lipinski definition) is 3. The van der Waals surface area contributed by atoms with Crippen LogP contribution in [0.3, 0.4) is 0 Å². The van der Waals surface area contributed by atoms with Crippen molar-refractivity contribution in [3.8, 4) is 0 Å². The standard InChI is InChI=1S/C15H27N5S.HI/c1-5-16-15(18-13-7-6-8-21-10-13)17-9-14-11(2)19-20(4)12(14)3;/h13H,5-10H2,1-4H3,(H2,16,17,18);1H. The van der Waals surface area contributed by atoms with Gasteiger partial charge in [0.15, 0.2) is 5.96 Å². The van der Waals surface area contributed by atoms with Crippen molar-refractivity contribution in [2.45, 2.75) is 46.2 Å². The van der Waals surface area contributed by atoms with Crippen LogP contribution in [0.4, 0.5) is 0 Å². The Morgan fingerprint density at radius 2 is 2.23 bits per heavy atom. The molecule has 2 N–H and O–H groups in total. The summed E-state index contributed by atoms with van der Waals surface area (Å²) < 4.78 is 1.93. The molecule has 1 aromatic heterocycles. The Morgan fingerprint density at radius 3 is 2.77 bits per heavy atom. The number of aromatic nitrogens is 2. The van der Waals surface area contributed by atoms with Gasteiger partial charge in [0.2, 0.25) is 0 Å². The number of nitrogens with zero attached hydrogens (tertiary/aromatic N) is 3. The third-order valence-corrected chi connectivity index (χ3v) is 5.11. The average Bonchev–Trinajstić information content (AvgIpc) is 2.71. The lowest BCUT2D eigenvalue weighted by molar-refractivity contribution is 0.582. The van der Waals surface area contributed by atoms with E-state index in [0.717, 1.165) is 18.2 Å². The zero-order chi connectivity index (χ0) is 15.2. The van der Waals surface area contributed by atoms with E-state index in [1.165, 1.54) is 35.6 Å². The molecule has 22 heavy (non-hydrogen) atoms. The second-order valence-electron chi connectivity index (χ2n) is 5.53. The molecule has 0 aromatic carbocycles. The van der Waals surface area contributed by atoms with Crippen molar-refractivity contribution < 1.29 is 0 Å². The van der Waals surface area contributed by atoms with E-state index in [-0.39, 0.29) is 24.0 Å². The fourth-order valence-electron chi connectivity index (χ4n) is 2.57. The molecular formula is C15H28IN5S. The van der Waals surface area contributed by atoms with Gasteiger partial charge in [-0.25, -0.2) is 4.99 Å². The molecule has 0 radical (unpaired) electrons. The Balaban J connectivity index is 0.00000242. The maximum Gasteiger partial charge on any atom is 0.191 e. The predicted molar refractivity (Wildman–Crippen MR) is 106 cm³/mol. The highest BCUT2D eigenvalue weighted by molar-refractivity contribution is 14.0. The Labute approximate surface area is 155 Å². The summed E-state index contributed by atoms with van der Waals surface area (Å²) in [5, 5.41) is 11.4. The van der Waals surface area contributed by atoms with Crippen LogP contribution in [0.2, 0.25) is 0 Å². The molecule has 2 rings (SSSR count). The highest BCUT2D eigenvalue weighted by Gasteiger charge is 2.15. The Kier molecular flexibility index (Phi) is 8.59. The summed E-state index contributed by atoms with van der Waals surface area (Å²) in [7, 11) is 1.98. The number of thioether (sulfide) groups is 1. The lowest BCUT2D eigenvalue weighted by Crippen LogP contribution is -2.45. The molecule has 1 aliphatic rings. The molecule has 1 unspecified atom stereocenters. The maximum absolute atomic E-state index is 4.74. The third-order valence-electron chi connectivity index (χ3n) is 3.90. The highest BCUT2D eigenvalue weighted by atomic mass is 127. The van der Waals surface area contributed by atoms with E-state index >= 15 is 0 Å². The molecular weight excluding hydrogens is 409 g/mol. The van der Waals surface area contributed by atoms with Crippen molar-refractivity contribution in [2.24, 2.45) is 12.0 Å². The number of aliphatic imine (C=N–C) groups is 1. The molecule has 5 nitrogen and oxygen atoms in total. The SMILES string of the molecule is CCNC(=NCc1c(C)nn(C)c1C)NC1CCCSC1.I. The van der Waals surface area contributed by atoms with Crippen molar-refractivity contribution in [1.29, 1.82) is 0 Å². The Morgan fingerprint density at radius 1 is 1.45 bits per heavy atom. The van der Waals surface area contributed by atoms with Gasteiger partial charge in [-0.05, 0) is 39.4 Å². The lowest BCUT2D eigenvalue weighted by Gasteiger charge is -2.24. The van der Waals surface area contributed by atoms with Gasteiger partial charge in [0.05, 0.1) is 12.2 Å². The van der Waals surface area contributed by atoms with E-state index < -0.39 is 0 Å². The van der Waals surface area contributed by atoms with E-state index in [2.05, 4.69) is 36.5 Å². The van der Waals surface area contributed by atoms with Crippen LogP contribution >= 0.6 is 35.7 Å². The second-order valence-corrected chi connectivity index (χ2v) is 6.68. The van der Waals surface area contributed by atoms with E-state index in [1.807, 2.05) is 23.5 Å². The summed E-state index contributed by atoms with van der Waals surface area (Å²) in [6.07, 6.45) is 2.53. The largest absolute Gasteiger partial charge is 0.357 e. The monoisotopic (exact) mass is 437 g/mol. The van der Waals surface area contributed by atoms with Crippen LogP contribution in [0, 0.1) is 13.8 Å². The molecule has 126 valence electrons. The smallest absolute Gasteiger partial charge is 0.191 e. The molecule has 1 aromatic rings. The first-order valence-electron chi connectivity index (χ1n) is 7.73. The van der Waals surface area contributed by atoms with Gasteiger partial charge in [0.1, 0.15) is 0 Å². The fraction of sp³-hybridized carbons (Fsp3) is 0.733. The Hall–Kier alpha value is -0.440. The van der Waals surface area contributed by atoms with Crippen LogP contribution in [-0.2, 0) is 13.6 Å². The fourth-order valence-corrected chi connectivity index (χ4v) is 3.64. The molecule has 0 saturated carbocycles. The summed E-state index contributed by atoms with van der Waals surface area (Å²) in [6, 6.07) is 0.539. The maximum atomic E-state index is 4.74. The van der Waals surface area contributed by atoms with Crippen LogP contribution < -0.4 is 10.6 Å². The quantitative estimate of drug-likeness (QED) is 0.432. The second kappa shape index (κ2) is 9.64. The van der Waals surface area contributed by atoms with Gasteiger partial charge in [-0.3, -0.25) is 4.68 Å². The topological polar surface area (TPSA) is 54.2 Å². The van der Waals surface area contributed by atoms with Gasteiger partial charge < -0.3 is 10.6 Å². The van der Waals surface area contributed by atoms with Gasteiger partial charge in [-0.2, -0.15) is 16.9 Å². The van der Waals surface area contributed by atoms with Gasteiger partial charge in [0.25, 0.3) is 0 Å². The predicted octanol–water partition coefficient (Wildman–Crippen LogP) is 2.61. The van der Waals surface area contributed by atoms with Gasteiger partial charge >= 0.3 is 0 Å². The summed E-state index contributed by atoms with van der Waals surface area (Å²) in [5.74, 6) is 3.39. The summed E-state index contributed by atoms with van der Waals surface area (Å²) in [5.41, 5.74) is 3.50. The lowest BCUT2D eigenvalue weighted by atomic mass is 10.2. The number of rotatable bonds is 4. The molecule has 1 saturated heterocycles. The van der Waals surface area contributed by atoms with Crippen molar-refractivity contribution in [3.05, 3.63) is 17.0 Å². The minimum atomic E-state index is 0. The zero-order valence-electron chi connectivity index (χ0n) is 14.0. The van der Waals surface area contributed by atoms with Crippen LogP contribution in [0.5, 0.6) is 0 Å². The van der Waals surface area contributed by atoms with Crippen LogP contribution in [0.15, 0.2) is 4.99 Å². The van der Waals surface area contributed by atoms with Crippen LogP contribution in [0.25, 0.3) is 0 Å². The highest BCUT2D eigenvalue weighted by Crippen LogP contribution is 2.17. The Bertz CT molecular complexity index is 494. The summed E-state index contributed by atoms with van der Waals surface area (Å²) in [4.78, 5) is 4.74. The number of halogens is 1. The van der Waals surface area contributed by atoms with E-state index in [0.29, 0.717) is 12.6 Å². The zero-order valence-corrected chi connectivity index (χ0v) is 17.1. The third kappa shape index (κ3) is 5.33. The molecule has 0 aliphatic carbocycles. The molecule has 0 spiro atoms. The molecule has 1 aliphatic heterocycles. The summed E-state index contributed by atoms with van der Waals surface area (Å²) in [6.45, 7) is 7.82. The first-order chi connectivity index (χ1) is 10.1. The first kappa shape index (κ1) is 19.6. The molecule has 2 heterocycles. The molecule has 1 atom stereocenters. The first-order valence-corrected chi connectivity index (χ1v) is 8.89. The van der Waals surface area contributed by atoms with E-state index in [4.69, 9.17) is 4.99 Å². The van der Waals surface area contributed by atoms with Crippen molar-refractivity contribution in [2.75, 3.05) is 18.1 Å². The van der Waals surface area contributed by atoms with Crippen molar-refractivity contribution in [1.82, 2.24) is 20.4 Å². The normalized spacial score (nSPS) is 18.7. The molecule has 0 bridgehead atoms. The van der Waals surface area contributed by atoms with Gasteiger partial charge in [-0.15, -0.1) is 24.0 Å². The molecule has 7 heteroatoms. The van der Waals surface area contributed by atoms with Gasteiger partial charge in [-0.1, -0.05) is 0 Å². The minimum Gasteiger partial charge on any atom is -0.357 e. The minimum absolute atomic E-state index is 0. The van der Waals surface area contributed by atoms with Crippen LogP contribution in [-0.4, -0.2) is 39.8 Å². The van der Waals surface area contributed by atoms with E-state index in [1.54, 1.807) is 0 Å². The van der Waals surface area contributed by atoms with Crippen molar-refractivity contribution in [3.63, 3.8) is 0 Å². The average molecular weight is 437 g/mol. The number of nitrogens with one attached hydrogen (secondary N) is 2. The van der Waals surface area contributed by atoms with Gasteiger partial charge in [0, 0.05) is 36.6 Å². The number of aryl methyl sites for hydroxylation is 2.